The standard InChI is InChI=1S/C12H24N2O/c1-12(2,3)14-11(15)10-6-4-9(8-13)5-7-10/h9-10H,4-8,13H2,1-3H3,(H,14,15). The lowest BCUT2D eigenvalue weighted by Gasteiger charge is -2.30. The number of carbonyl (C=O) groups excluding carboxylic acids is 1. The predicted octanol–water partition coefficient (Wildman–Crippen LogP) is 1.67. The Morgan fingerprint density at radius 1 is 1.27 bits per heavy atom. The number of carbonyl (C=O) groups is 1. The summed E-state index contributed by atoms with van der Waals surface area (Å²) in [5, 5.41) is 3.05. The molecule has 0 aliphatic heterocycles. The smallest absolute Gasteiger partial charge is 0.223 e. The Bertz CT molecular complexity index is 212. The lowest BCUT2D eigenvalue weighted by molar-refractivity contribution is -0.127. The van der Waals surface area contributed by atoms with Crippen LogP contribution in [0.4, 0.5) is 0 Å². The maximum atomic E-state index is 11.9. The minimum absolute atomic E-state index is 0.109. The molecular formula is C12H24N2O. The zero-order valence-electron chi connectivity index (χ0n) is 10.2. The van der Waals surface area contributed by atoms with E-state index in [0.717, 1.165) is 32.2 Å². The number of amides is 1. The molecule has 3 N–H and O–H groups in total. The monoisotopic (exact) mass is 212 g/mol. The Morgan fingerprint density at radius 3 is 2.20 bits per heavy atom. The highest BCUT2D eigenvalue weighted by Gasteiger charge is 2.27. The molecule has 0 radical (unpaired) electrons. The normalized spacial score (nSPS) is 27.5. The van der Waals surface area contributed by atoms with Crippen LogP contribution in [0.25, 0.3) is 0 Å². The number of hydrogen-bond donors (Lipinski definition) is 2. The maximum Gasteiger partial charge on any atom is 0.223 e. The molecule has 0 unspecified atom stereocenters. The van der Waals surface area contributed by atoms with Crippen LogP contribution < -0.4 is 11.1 Å². The summed E-state index contributed by atoms with van der Waals surface area (Å²) in [4.78, 5) is 11.9. The van der Waals surface area contributed by atoms with Gasteiger partial charge in [-0.15, -0.1) is 0 Å². The van der Waals surface area contributed by atoms with E-state index in [0.29, 0.717) is 5.92 Å². The van der Waals surface area contributed by atoms with Crippen molar-refractivity contribution in [3.8, 4) is 0 Å². The fourth-order valence-electron chi connectivity index (χ4n) is 2.13. The average Bonchev–Trinajstić information content (AvgIpc) is 2.15. The predicted molar refractivity (Wildman–Crippen MR) is 62.4 cm³/mol. The summed E-state index contributed by atoms with van der Waals surface area (Å²) in [6.07, 6.45) is 4.23. The van der Waals surface area contributed by atoms with Gasteiger partial charge in [0.15, 0.2) is 0 Å². The fraction of sp³-hybridized carbons (Fsp3) is 0.917. The summed E-state index contributed by atoms with van der Waals surface area (Å²) in [5.41, 5.74) is 5.52. The van der Waals surface area contributed by atoms with E-state index in [-0.39, 0.29) is 17.4 Å². The topological polar surface area (TPSA) is 55.1 Å². The number of hydrogen-bond acceptors (Lipinski definition) is 2. The molecule has 1 saturated carbocycles. The zero-order valence-corrected chi connectivity index (χ0v) is 10.2. The van der Waals surface area contributed by atoms with Crippen molar-refractivity contribution in [2.45, 2.75) is 52.0 Å². The lowest BCUT2D eigenvalue weighted by Crippen LogP contribution is -2.44. The van der Waals surface area contributed by atoms with Gasteiger partial charge in [0.25, 0.3) is 0 Å². The molecule has 15 heavy (non-hydrogen) atoms. The van der Waals surface area contributed by atoms with Crippen LogP contribution in [0.3, 0.4) is 0 Å². The molecular weight excluding hydrogens is 188 g/mol. The zero-order chi connectivity index (χ0) is 11.5. The third-order valence-corrected chi connectivity index (χ3v) is 3.05. The summed E-state index contributed by atoms with van der Waals surface area (Å²) in [6, 6.07) is 0. The molecule has 0 bridgehead atoms. The summed E-state index contributed by atoms with van der Waals surface area (Å²) in [7, 11) is 0. The highest BCUT2D eigenvalue weighted by atomic mass is 16.2. The van der Waals surface area contributed by atoms with Gasteiger partial charge in [-0.05, 0) is 58.9 Å². The molecule has 3 heteroatoms. The van der Waals surface area contributed by atoms with Crippen LogP contribution in [-0.2, 0) is 4.79 Å². The minimum atomic E-state index is -0.109. The van der Waals surface area contributed by atoms with Crippen molar-refractivity contribution in [3.63, 3.8) is 0 Å². The second kappa shape index (κ2) is 4.97. The molecule has 1 rings (SSSR count). The first-order valence-electron chi connectivity index (χ1n) is 5.94. The van der Waals surface area contributed by atoms with E-state index in [1.807, 2.05) is 20.8 Å². The summed E-state index contributed by atoms with van der Waals surface area (Å²) in [5.74, 6) is 1.08. The molecule has 88 valence electrons. The van der Waals surface area contributed by atoms with Crippen LogP contribution in [0.15, 0.2) is 0 Å². The highest BCUT2D eigenvalue weighted by Crippen LogP contribution is 2.28. The van der Waals surface area contributed by atoms with Gasteiger partial charge in [-0.3, -0.25) is 4.79 Å². The van der Waals surface area contributed by atoms with Gasteiger partial charge < -0.3 is 11.1 Å². The van der Waals surface area contributed by atoms with E-state index in [2.05, 4.69) is 5.32 Å². The number of nitrogens with two attached hydrogens (primary N) is 1. The Hall–Kier alpha value is -0.570. The van der Waals surface area contributed by atoms with Crippen molar-refractivity contribution in [2.24, 2.45) is 17.6 Å². The van der Waals surface area contributed by atoms with E-state index in [1.54, 1.807) is 0 Å². The van der Waals surface area contributed by atoms with Crippen LogP contribution >= 0.6 is 0 Å². The third kappa shape index (κ3) is 4.20. The van der Waals surface area contributed by atoms with E-state index in [9.17, 15) is 4.79 Å². The van der Waals surface area contributed by atoms with Crippen molar-refractivity contribution < 1.29 is 4.79 Å². The van der Waals surface area contributed by atoms with E-state index >= 15 is 0 Å². The molecule has 0 atom stereocenters. The van der Waals surface area contributed by atoms with Crippen LogP contribution in [-0.4, -0.2) is 18.0 Å². The Labute approximate surface area is 92.8 Å². The van der Waals surface area contributed by atoms with Crippen molar-refractivity contribution in [1.82, 2.24) is 5.32 Å². The number of nitrogens with one attached hydrogen (secondary N) is 1. The fourth-order valence-corrected chi connectivity index (χ4v) is 2.13. The van der Waals surface area contributed by atoms with Crippen molar-refractivity contribution in [1.29, 1.82) is 0 Å². The molecule has 0 saturated heterocycles. The van der Waals surface area contributed by atoms with Crippen molar-refractivity contribution >= 4 is 5.91 Å². The van der Waals surface area contributed by atoms with Crippen LogP contribution in [0, 0.1) is 11.8 Å². The van der Waals surface area contributed by atoms with Gasteiger partial charge in [0.1, 0.15) is 0 Å². The van der Waals surface area contributed by atoms with E-state index in [1.165, 1.54) is 0 Å². The molecule has 0 spiro atoms. The molecule has 0 heterocycles. The summed E-state index contributed by atoms with van der Waals surface area (Å²) in [6.45, 7) is 6.84. The van der Waals surface area contributed by atoms with Gasteiger partial charge in [-0.2, -0.15) is 0 Å². The molecule has 0 aromatic rings. The number of rotatable bonds is 2. The van der Waals surface area contributed by atoms with Crippen LogP contribution in [0.5, 0.6) is 0 Å². The van der Waals surface area contributed by atoms with E-state index in [4.69, 9.17) is 5.73 Å². The summed E-state index contributed by atoms with van der Waals surface area (Å²) >= 11 is 0. The molecule has 0 aromatic heterocycles. The van der Waals surface area contributed by atoms with Crippen molar-refractivity contribution in [3.05, 3.63) is 0 Å². The molecule has 1 fully saturated rings. The Morgan fingerprint density at radius 2 is 1.80 bits per heavy atom. The van der Waals surface area contributed by atoms with Gasteiger partial charge in [0, 0.05) is 11.5 Å². The van der Waals surface area contributed by atoms with Gasteiger partial charge in [0.2, 0.25) is 5.91 Å². The quantitative estimate of drug-likeness (QED) is 0.731. The molecule has 1 aliphatic carbocycles. The third-order valence-electron chi connectivity index (χ3n) is 3.05. The summed E-state index contributed by atoms with van der Waals surface area (Å²) < 4.78 is 0. The molecule has 3 nitrogen and oxygen atoms in total. The first-order valence-corrected chi connectivity index (χ1v) is 5.94. The van der Waals surface area contributed by atoms with Crippen LogP contribution in [0.2, 0.25) is 0 Å². The van der Waals surface area contributed by atoms with E-state index < -0.39 is 0 Å². The first-order chi connectivity index (χ1) is 6.92. The molecule has 1 aliphatic rings. The van der Waals surface area contributed by atoms with Crippen LogP contribution in [0.1, 0.15) is 46.5 Å². The average molecular weight is 212 g/mol. The largest absolute Gasteiger partial charge is 0.351 e. The second-order valence-corrected chi connectivity index (χ2v) is 5.69. The second-order valence-electron chi connectivity index (χ2n) is 5.69. The highest BCUT2D eigenvalue weighted by molar-refractivity contribution is 5.79. The van der Waals surface area contributed by atoms with Gasteiger partial charge >= 0.3 is 0 Å². The maximum absolute atomic E-state index is 11.9. The van der Waals surface area contributed by atoms with Gasteiger partial charge in [0.05, 0.1) is 0 Å². The molecule has 0 aromatic carbocycles. The minimum Gasteiger partial charge on any atom is -0.351 e. The Kier molecular flexibility index (Phi) is 4.14. The van der Waals surface area contributed by atoms with Crippen molar-refractivity contribution in [2.75, 3.05) is 6.54 Å². The Balaban J connectivity index is 2.37. The van der Waals surface area contributed by atoms with Gasteiger partial charge in [-0.1, -0.05) is 0 Å². The van der Waals surface area contributed by atoms with Gasteiger partial charge in [-0.25, -0.2) is 0 Å². The lowest BCUT2D eigenvalue weighted by atomic mass is 9.81. The first kappa shape index (κ1) is 12.5. The SMILES string of the molecule is CC(C)(C)NC(=O)C1CCC(CN)CC1. The molecule has 1 amide bonds.